The molecule has 116 valence electrons. The summed E-state index contributed by atoms with van der Waals surface area (Å²) in [4.78, 5) is 38.5. The molecule has 0 aliphatic rings. The van der Waals surface area contributed by atoms with Crippen LogP contribution in [0.15, 0.2) is 24.3 Å². The number of nitrogens with one attached hydrogen (secondary N) is 3. The number of hydrazine groups is 1. The number of thiazole rings is 1. The fourth-order valence-electron chi connectivity index (χ4n) is 1.62. The normalized spacial score (nSPS) is 10.2. The van der Waals surface area contributed by atoms with Gasteiger partial charge in [-0.2, -0.15) is 0 Å². The van der Waals surface area contributed by atoms with E-state index < -0.39 is 5.91 Å². The lowest BCUT2D eigenvalue weighted by molar-refractivity contribution is -0.129. The number of fused-ring (bicyclic) bond motifs is 1. The van der Waals surface area contributed by atoms with Gasteiger partial charge in [0.1, 0.15) is 0 Å². The Hall–Kier alpha value is -2.48. The highest BCUT2D eigenvalue weighted by Gasteiger charge is 2.10. The molecule has 1 heterocycles. The highest BCUT2D eigenvalue weighted by molar-refractivity contribution is 7.22. The predicted octanol–water partition coefficient (Wildman–Crippen LogP) is 1.57. The van der Waals surface area contributed by atoms with Crippen LogP contribution in [-0.2, 0) is 14.4 Å². The molecule has 0 atom stereocenters. The molecule has 0 bridgehead atoms. The van der Waals surface area contributed by atoms with Crippen molar-refractivity contribution in [2.45, 2.75) is 26.2 Å². The van der Waals surface area contributed by atoms with Crippen molar-refractivity contribution in [1.82, 2.24) is 15.8 Å². The summed E-state index contributed by atoms with van der Waals surface area (Å²) in [5, 5.41) is 3.17. The molecule has 7 nitrogen and oxygen atoms in total. The average Bonchev–Trinajstić information content (AvgIpc) is 2.92. The van der Waals surface area contributed by atoms with Crippen LogP contribution in [0.25, 0.3) is 10.2 Å². The Morgan fingerprint density at radius 1 is 1.05 bits per heavy atom. The summed E-state index contributed by atoms with van der Waals surface area (Å²) in [5.74, 6) is -0.996. The number of nitrogens with zero attached hydrogens (tertiary/aromatic N) is 1. The van der Waals surface area contributed by atoms with E-state index in [4.69, 9.17) is 0 Å². The van der Waals surface area contributed by atoms with Gasteiger partial charge in [0.2, 0.25) is 17.7 Å². The van der Waals surface area contributed by atoms with Gasteiger partial charge in [0.05, 0.1) is 10.2 Å². The van der Waals surface area contributed by atoms with Crippen LogP contribution in [0.2, 0.25) is 0 Å². The van der Waals surface area contributed by atoms with Crippen LogP contribution < -0.4 is 16.2 Å². The van der Waals surface area contributed by atoms with Gasteiger partial charge in [-0.25, -0.2) is 4.98 Å². The molecule has 0 aliphatic carbocycles. The number of para-hydroxylation sites is 1. The maximum absolute atomic E-state index is 11.8. The zero-order valence-electron chi connectivity index (χ0n) is 12.0. The SMILES string of the molecule is CCC(=O)NNC(=O)CCC(=O)Nc1nc2ccccc2s1. The number of aromatic nitrogens is 1. The molecule has 2 rings (SSSR count). The third-order valence-electron chi connectivity index (χ3n) is 2.78. The Morgan fingerprint density at radius 2 is 1.73 bits per heavy atom. The first-order chi connectivity index (χ1) is 10.6. The third kappa shape index (κ3) is 4.52. The van der Waals surface area contributed by atoms with E-state index >= 15 is 0 Å². The monoisotopic (exact) mass is 320 g/mol. The summed E-state index contributed by atoms with van der Waals surface area (Å²) in [7, 11) is 0. The zero-order valence-corrected chi connectivity index (χ0v) is 12.8. The van der Waals surface area contributed by atoms with Crippen LogP contribution >= 0.6 is 11.3 Å². The topological polar surface area (TPSA) is 100 Å². The first kappa shape index (κ1) is 15.9. The molecular weight excluding hydrogens is 304 g/mol. The molecule has 3 N–H and O–H groups in total. The quantitative estimate of drug-likeness (QED) is 0.728. The minimum atomic E-state index is -0.416. The number of carbonyl (C=O) groups excluding carboxylic acids is 3. The van der Waals surface area contributed by atoms with Gasteiger partial charge in [-0.15, -0.1) is 0 Å². The van der Waals surface area contributed by atoms with Crippen LogP contribution in [0.1, 0.15) is 26.2 Å². The van der Waals surface area contributed by atoms with E-state index in [1.165, 1.54) is 11.3 Å². The van der Waals surface area contributed by atoms with Crippen molar-refractivity contribution in [3.63, 3.8) is 0 Å². The molecule has 2 aromatic rings. The summed E-state index contributed by atoms with van der Waals surface area (Å²) in [6.45, 7) is 1.67. The van der Waals surface area contributed by atoms with Gasteiger partial charge < -0.3 is 5.32 Å². The molecule has 0 saturated carbocycles. The average molecular weight is 320 g/mol. The third-order valence-corrected chi connectivity index (χ3v) is 3.73. The second kappa shape index (κ2) is 7.51. The van der Waals surface area contributed by atoms with Crippen molar-refractivity contribution in [1.29, 1.82) is 0 Å². The smallest absolute Gasteiger partial charge is 0.238 e. The summed E-state index contributed by atoms with van der Waals surface area (Å²) >= 11 is 1.38. The molecule has 1 aromatic heterocycles. The Balaban J connectivity index is 1.78. The second-order valence-corrected chi connectivity index (χ2v) is 5.52. The lowest BCUT2D eigenvalue weighted by atomic mass is 10.3. The number of hydrogen-bond acceptors (Lipinski definition) is 5. The standard InChI is InChI=1S/C14H16N4O3S/c1-2-11(19)17-18-13(21)8-7-12(20)16-14-15-9-5-3-4-6-10(9)22-14/h3-6H,2,7-8H2,1H3,(H,17,19)(H,18,21)(H,15,16,20). The number of rotatable bonds is 5. The van der Waals surface area contributed by atoms with Crippen LogP contribution in [0.4, 0.5) is 5.13 Å². The molecule has 0 saturated heterocycles. The summed E-state index contributed by atoms with van der Waals surface area (Å²) in [6.07, 6.45) is 0.281. The first-order valence-electron chi connectivity index (χ1n) is 6.81. The van der Waals surface area contributed by atoms with E-state index in [1.54, 1.807) is 6.92 Å². The largest absolute Gasteiger partial charge is 0.302 e. The van der Waals surface area contributed by atoms with Gasteiger partial charge >= 0.3 is 0 Å². The predicted molar refractivity (Wildman–Crippen MR) is 84.1 cm³/mol. The molecule has 0 unspecified atom stereocenters. The van der Waals surface area contributed by atoms with Gasteiger partial charge in [0.25, 0.3) is 0 Å². The highest BCUT2D eigenvalue weighted by Crippen LogP contribution is 2.25. The van der Waals surface area contributed by atoms with Gasteiger partial charge in [-0.3, -0.25) is 25.2 Å². The van der Waals surface area contributed by atoms with Gasteiger partial charge in [0.15, 0.2) is 5.13 Å². The minimum Gasteiger partial charge on any atom is -0.302 e. The molecule has 1 aromatic carbocycles. The van der Waals surface area contributed by atoms with Gasteiger partial charge in [0, 0.05) is 19.3 Å². The maximum atomic E-state index is 11.8. The number of amides is 3. The van der Waals surface area contributed by atoms with Crippen molar-refractivity contribution in [3.05, 3.63) is 24.3 Å². The van der Waals surface area contributed by atoms with E-state index in [2.05, 4.69) is 21.2 Å². The van der Waals surface area contributed by atoms with E-state index in [-0.39, 0.29) is 31.1 Å². The molecule has 0 radical (unpaired) electrons. The second-order valence-electron chi connectivity index (χ2n) is 4.48. The highest BCUT2D eigenvalue weighted by atomic mass is 32.1. The van der Waals surface area contributed by atoms with Crippen molar-refractivity contribution < 1.29 is 14.4 Å². The van der Waals surface area contributed by atoms with E-state index in [0.717, 1.165) is 10.2 Å². The molecule has 3 amide bonds. The Morgan fingerprint density at radius 3 is 2.45 bits per heavy atom. The number of carbonyl (C=O) groups is 3. The fraction of sp³-hybridized carbons (Fsp3) is 0.286. The molecular formula is C14H16N4O3S. The van der Waals surface area contributed by atoms with Crippen molar-refractivity contribution in [3.8, 4) is 0 Å². The number of anilines is 1. The summed E-state index contributed by atoms with van der Waals surface area (Å²) in [6, 6.07) is 7.57. The lowest BCUT2D eigenvalue weighted by Gasteiger charge is -2.05. The van der Waals surface area contributed by atoms with Crippen LogP contribution in [0.5, 0.6) is 0 Å². The molecule has 8 heteroatoms. The van der Waals surface area contributed by atoms with Crippen LogP contribution in [-0.4, -0.2) is 22.7 Å². The Kier molecular flexibility index (Phi) is 5.42. The van der Waals surface area contributed by atoms with E-state index in [1.807, 2.05) is 24.3 Å². The van der Waals surface area contributed by atoms with Crippen LogP contribution in [0, 0.1) is 0 Å². The number of benzene rings is 1. The minimum absolute atomic E-state index is 0.0132. The number of hydrogen-bond donors (Lipinski definition) is 3. The van der Waals surface area contributed by atoms with E-state index in [9.17, 15) is 14.4 Å². The lowest BCUT2D eigenvalue weighted by Crippen LogP contribution is -2.41. The van der Waals surface area contributed by atoms with Crippen LogP contribution in [0.3, 0.4) is 0 Å². The molecule has 0 fully saturated rings. The van der Waals surface area contributed by atoms with Crippen molar-refractivity contribution in [2.24, 2.45) is 0 Å². The summed E-state index contributed by atoms with van der Waals surface area (Å²) in [5.41, 5.74) is 5.31. The molecule has 0 aliphatic heterocycles. The van der Waals surface area contributed by atoms with Gasteiger partial charge in [-0.1, -0.05) is 30.4 Å². The molecule has 0 spiro atoms. The van der Waals surface area contributed by atoms with Gasteiger partial charge in [-0.05, 0) is 12.1 Å². The summed E-state index contributed by atoms with van der Waals surface area (Å²) < 4.78 is 0.984. The Labute approximate surface area is 131 Å². The van der Waals surface area contributed by atoms with Crippen molar-refractivity contribution in [2.75, 3.05) is 5.32 Å². The first-order valence-corrected chi connectivity index (χ1v) is 7.63. The Bertz CT molecular complexity index is 665. The molecule has 22 heavy (non-hydrogen) atoms. The zero-order chi connectivity index (χ0) is 15.9. The maximum Gasteiger partial charge on any atom is 0.238 e. The van der Waals surface area contributed by atoms with Crippen molar-refractivity contribution >= 4 is 44.4 Å². The van der Waals surface area contributed by atoms with E-state index in [0.29, 0.717) is 5.13 Å². The fourth-order valence-corrected chi connectivity index (χ4v) is 2.51.